The van der Waals surface area contributed by atoms with Crippen LogP contribution in [0.1, 0.15) is 22.6 Å². The van der Waals surface area contributed by atoms with Gasteiger partial charge >= 0.3 is 0 Å². The second-order valence-electron chi connectivity index (χ2n) is 4.36. The fourth-order valence-corrected chi connectivity index (χ4v) is 1.89. The van der Waals surface area contributed by atoms with Crippen molar-refractivity contribution in [3.05, 3.63) is 48.0 Å². The Labute approximate surface area is 112 Å². The summed E-state index contributed by atoms with van der Waals surface area (Å²) in [7, 11) is 0. The number of carbonyl (C=O) groups excluding carboxylic acids is 1. The molecule has 0 saturated heterocycles. The van der Waals surface area contributed by atoms with E-state index in [9.17, 15) is 4.79 Å². The van der Waals surface area contributed by atoms with Crippen LogP contribution in [-0.2, 0) is 6.54 Å². The third-order valence-electron chi connectivity index (χ3n) is 2.99. The Morgan fingerprint density at radius 2 is 2.21 bits per heavy atom. The molecule has 2 aromatic rings. The van der Waals surface area contributed by atoms with Gasteiger partial charge in [-0.2, -0.15) is 0 Å². The molecule has 2 rings (SSSR count). The van der Waals surface area contributed by atoms with Gasteiger partial charge in [0.25, 0.3) is 5.91 Å². The molecule has 0 fully saturated rings. The molecule has 0 atom stereocenters. The third kappa shape index (κ3) is 3.34. The number of carbonyl (C=O) groups is 1. The predicted molar refractivity (Wildman–Crippen MR) is 74.8 cm³/mol. The van der Waals surface area contributed by atoms with Crippen LogP contribution < -0.4 is 11.1 Å². The van der Waals surface area contributed by atoms with Crippen molar-refractivity contribution >= 4 is 11.6 Å². The van der Waals surface area contributed by atoms with Gasteiger partial charge < -0.3 is 15.6 Å². The van der Waals surface area contributed by atoms with E-state index in [-0.39, 0.29) is 5.91 Å². The number of aryl methyl sites for hydroxylation is 2. The van der Waals surface area contributed by atoms with E-state index in [1.54, 1.807) is 24.4 Å². The molecule has 0 aliphatic heterocycles. The number of rotatable bonds is 5. The average Bonchev–Trinajstić information content (AvgIpc) is 2.80. The van der Waals surface area contributed by atoms with Gasteiger partial charge in [-0.15, -0.1) is 0 Å². The summed E-state index contributed by atoms with van der Waals surface area (Å²) >= 11 is 0. The highest BCUT2D eigenvalue weighted by molar-refractivity contribution is 5.98. The molecule has 3 N–H and O–H groups in total. The van der Waals surface area contributed by atoms with Crippen molar-refractivity contribution in [1.29, 1.82) is 0 Å². The summed E-state index contributed by atoms with van der Waals surface area (Å²) in [5.41, 5.74) is 6.78. The van der Waals surface area contributed by atoms with E-state index in [1.165, 1.54) is 0 Å². The van der Waals surface area contributed by atoms with Crippen LogP contribution in [0.25, 0.3) is 0 Å². The van der Waals surface area contributed by atoms with Crippen LogP contribution in [-0.4, -0.2) is 22.0 Å². The molecule has 19 heavy (non-hydrogen) atoms. The number of aromatic nitrogens is 2. The Kier molecular flexibility index (Phi) is 4.18. The van der Waals surface area contributed by atoms with E-state index in [0.717, 1.165) is 18.8 Å². The molecular formula is C14H18N4O. The van der Waals surface area contributed by atoms with Crippen LogP contribution in [0.2, 0.25) is 0 Å². The van der Waals surface area contributed by atoms with Crippen LogP contribution in [0.4, 0.5) is 5.69 Å². The zero-order chi connectivity index (χ0) is 13.7. The number of benzene rings is 1. The van der Waals surface area contributed by atoms with Crippen LogP contribution in [0.3, 0.4) is 0 Å². The van der Waals surface area contributed by atoms with Gasteiger partial charge in [-0.05, 0) is 25.5 Å². The first kappa shape index (κ1) is 13.1. The minimum atomic E-state index is -0.125. The number of imidazole rings is 1. The maximum absolute atomic E-state index is 11.9. The number of amides is 1. The summed E-state index contributed by atoms with van der Waals surface area (Å²) in [4.78, 5) is 16.0. The molecule has 0 aliphatic carbocycles. The molecule has 0 saturated carbocycles. The van der Waals surface area contributed by atoms with Crippen LogP contribution in [0.5, 0.6) is 0 Å². The molecule has 0 bridgehead atoms. The second kappa shape index (κ2) is 6.04. The van der Waals surface area contributed by atoms with E-state index in [0.29, 0.717) is 17.8 Å². The SMILES string of the molecule is Cc1nccn1CCCNC(=O)c1ccccc1N. The summed E-state index contributed by atoms with van der Waals surface area (Å²) in [5.74, 6) is 0.860. The first-order valence-corrected chi connectivity index (χ1v) is 6.29. The Bertz CT molecular complexity index is 562. The largest absolute Gasteiger partial charge is 0.398 e. The number of hydrogen-bond acceptors (Lipinski definition) is 3. The fourth-order valence-electron chi connectivity index (χ4n) is 1.89. The zero-order valence-electron chi connectivity index (χ0n) is 11.0. The van der Waals surface area contributed by atoms with E-state index in [2.05, 4.69) is 14.9 Å². The van der Waals surface area contributed by atoms with Crippen LogP contribution in [0, 0.1) is 6.92 Å². The Hall–Kier alpha value is -2.30. The fraction of sp³-hybridized carbons (Fsp3) is 0.286. The van der Waals surface area contributed by atoms with Gasteiger partial charge in [0.2, 0.25) is 0 Å². The second-order valence-corrected chi connectivity index (χ2v) is 4.36. The Morgan fingerprint density at radius 3 is 2.89 bits per heavy atom. The number of nitrogens with one attached hydrogen (secondary N) is 1. The highest BCUT2D eigenvalue weighted by Crippen LogP contribution is 2.09. The standard InChI is InChI=1S/C14H18N4O/c1-11-16-8-10-18(11)9-4-7-17-14(19)12-5-2-3-6-13(12)15/h2-3,5-6,8,10H,4,7,9,15H2,1H3,(H,17,19). The van der Waals surface area contributed by atoms with E-state index in [1.807, 2.05) is 19.2 Å². The molecule has 5 heteroatoms. The van der Waals surface area contributed by atoms with E-state index < -0.39 is 0 Å². The number of nitrogens with zero attached hydrogens (tertiary/aromatic N) is 2. The molecule has 5 nitrogen and oxygen atoms in total. The smallest absolute Gasteiger partial charge is 0.253 e. The normalized spacial score (nSPS) is 10.4. The number of nitrogens with two attached hydrogens (primary N) is 1. The maximum Gasteiger partial charge on any atom is 0.253 e. The third-order valence-corrected chi connectivity index (χ3v) is 2.99. The average molecular weight is 258 g/mol. The molecule has 0 aliphatic rings. The van der Waals surface area contributed by atoms with Crippen LogP contribution in [0.15, 0.2) is 36.7 Å². The summed E-state index contributed by atoms with van der Waals surface area (Å²) in [6.45, 7) is 3.42. The first-order chi connectivity index (χ1) is 9.18. The predicted octanol–water partition coefficient (Wildman–Crippen LogP) is 1.59. The molecular weight excluding hydrogens is 240 g/mol. The van der Waals surface area contributed by atoms with Crippen molar-refractivity contribution in [2.45, 2.75) is 19.9 Å². The number of nitrogen functional groups attached to an aromatic ring is 1. The maximum atomic E-state index is 11.9. The molecule has 1 heterocycles. The lowest BCUT2D eigenvalue weighted by Gasteiger charge is -2.08. The van der Waals surface area contributed by atoms with Gasteiger partial charge in [-0.3, -0.25) is 4.79 Å². The quantitative estimate of drug-likeness (QED) is 0.632. The van der Waals surface area contributed by atoms with Gasteiger partial charge in [-0.25, -0.2) is 4.98 Å². The van der Waals surface area contributed by atoms with Crippen molar-refractivity contribution < 1.29 is 4.79 Å². The van der Waals surface area contributed by atoms with Crippen molar-refractivity contribution in [1.82, 2.24) is 14.9 Å². The van der Waals surface area contributed by atoms with E-state index >= 15 is 0 Å². The van der Waals surface area contributed by atoms with Crippen LogP contribution >= 0.6 is 0 Å². The van der Waals surface area contributed by atoms with Gasteiger partial charge in [0.15, 0.2) is 0 Å². The van der Waals surface area contributed by atoms with Gasteiger partial charge in [0.05, 0.1) is 5.56 Å². The molecule has 100 valence electrons. The molecule has 1 aromatic heterocycles. The number of anilines is 1. The summed E-state index contributed by atoms with van der Waals surface area (Å²) in [6, 6.07) is 7.07. The lowest BCUT2D eigenvalue weighted by atomic mass is 10.1. The zero-order valence-corrected chi connectivity index (χ0v) is 11.0. The molecule has 1 aromatic carbocycles. The van der Waals surface area contributed by atoms with Crippen molar-refractivity contribution in [3.63, 3.8) is 0 Å². The van der Waals surface area contributed by atoms with Crippen molar-refractivity contribution in [3.8, 4) is 0 Å². The topological polar surface area (TPSA) is 72.9 Å². The summed E-state index contributed by atoms with van der Waals surface area (Å²) in [6.07, 6.45) is 4.57. The molecule has 1 amide bonds. The van der Waals surface area contributed by atoms with Gasteiger partial charge in [-0.1, -0.05) is 12.1 Å². The van der Waals surface area contributed by atoms with Gasteiger partial charge in [0, 0.05) is 31.2 Å². The highest BCUT2D eigenvalue weighted by atomic mass is 16.1. The first-order valence-electron chi connectivity index (χ1n) is 6.29. The lowest BCUT2D eigenvalue weighted by Crippen LogP contribution is -2.26. The monoisotopic (exact) mass is 258 g/mol. The molecule has 0 spiro atoms. The molecule has 0 radical (unpaired) electrons. The van der Waals surface area contributed by atoms with Crippen molar-refractivity contribution in [2.75, 3.05) is 12.3 Å². The Balaban J connectivity index is 1.79. The lowest BCUT2D eigenvalue weighted by molar-refractivity contribution is 0.0953. The minimum absolute atomic E-state index is 0.125. The summed E-state index contributed by atoms with van der Waals surface area (Å²) < 4.78 is 2.06. The number of para-hydroxylation sites is 1. The summed E-state index contributed by atoms with van der Waals surface area (Å²) in [5, 5.41) is 2.87. The number of hydrogen-bond donors (Lipinski definition) is 2. The molecule has 0 unspecified atom stereocenters. The highest BCUT2D eigenvalue weighted by Gasteiger charge is 2.07. The van der Waals surface area contributed by atoms with Crippen molar-refractivity contribution in [2.24, 2.45) is 0 Å². The Morgan fingerprint density at radius 1 is 1.42 bits per heavy atom. The van der Waals surface area contributed by atoms with Gasteiger partial charge in [0.1, 0.15) is 5.82 Å². The minimum Gasteiger partial charge on any atom is -0.398 e. The van der Waals surface area contributed by atoms with E-state index in [4.69, 9.17) is 5.73 Å².